The Balaban J connectivity index is 2.33. The molecule has 0 spiro atoms. The molecule has 3 N–H and O–H groups in total. The third-order valence-corrected chi connectivity index (χ3v) is 3.69. The van der Waals surface area contributed by atoms with Crippen molar-refractivity contribution in [3.8, 4) is 0 Å². The minimum Gasteiger partial charge on any atom is -0.480 e. The molecule has 0 aromatic carbocycles. The summed E-state index contributed by atoms with van der Waals surface area (Å²) in [6, 6.07) is 0. The van der Waals surface area contributed by atoms with E-state index in [-0.39, 0.29) is 0 Å². The molecule has 0 amide bonds. The second-order valence-electron chi connectivity index (χ2n) is 3.57. The Labute approximate surface area is 88.8 Å². The Morgan fingerprint density at radius 1 is 1.57 bits per heavy atom. The van der Waals surface area contributed by atoms with Gasteiger partial charge in [-0.15, -0.1) is 0 Å². The number of rotatable bonds is 6. The van der Waals surface area contributed by atoms with Crippen molar-refractivity contribution in [2.24, 2.45) is 0 Å². The first-order valence-electron chi connectivity index (χ1n) is 4.92. The molecule has 0 aromatic heterocycles. The molecule has 1 fully saturated rings. The van der Waals surface area contributed by atoms with Crippen LogP contribution in [0.1, 0.15) is 12.8 Å². The quantitative estimate of drug-likeness (QED) is 0.554. The molecule has 14 heavy (non-hydrogen) atoms. The van der Waals surface area contributed by atoms with Crippen LogP contribution in [0.25, 0.3) is 0 Å². The van der Waals surface area contributed by atoms with Gasteiger partial charge in [0.2, 0.25) is 0 Å². The van der Waals surface area contributed by atoms with Crippen LogP contribution < -0.4 is 10.6 Å². The lowest BCUT2D eigenvalue weighted by Gasteiger charge is -2.24. The Kier molecular flexibility index (Phi) is 4.71. The molecular formula is C9H18N2O2S. The smallest absolute Gasteiger partial charge is 0.324 e. The zero-order chi connectivity index (χ0) is 10.4. The maximum Gasteiger partial charge on any atom is 0.324 e. The standard InChI is InChI=1S/C9H18N2O2S/c1-10-4-2-5-11-9(8(12)13)3-6-14-7-9/h10-11H,2-7H2,1H3,(H,12,13). The van der Waals surface area contributed by atoms with Gasteiger partial charge < -0.3 is 15.7 Å². The van der Waals surface area contributed by atoms with Crippen LogP contribution in [-0.2, 0) is 4.79 Å². The van der Waals surface area contributed by atoms with E-state index in [1.54, 1.807) is 11.8 Å². The van der Waals surface area contributed by atoms with Crippen molar-refractivity contribution in [2.75, 3.05) is 31.6 Å². The van der Waals surface area contributed by atoms with Gasteiger partial charge >= 0.3 is 5.97 Å². The number of carboxylic acid groups (broad SMARTS) is 1. The monoisotopic (exact) mass is 218 g/mol. The topological polar surface area (TPSA) is 61.4 Å². The van der Waals surface area contributed by atoms with Crippen LogP contribution in [0.2, 0.25) is 0 Å². The second kappa shape index (κ2) is 5.58. The van der Waals surface area contributed by atoms with Gasteiger partial charge in [0.15, 0.2) is 0 Å². The lowest BCUT2D eigenvalue weighted by Crippen LogP contribution is -2.52. The van der Waals surface area contributed by atoms with Crippen LogP contribution in [-0.4, -0.2) is 48.3 Å². The van der Waals surface area contributed by atoms with E-state index in [0.717, 1.165) is 31.7 Å². The fraction of sp³-hybridized carbons (Fsp3) is 0.889. The van der Waals surface area contributed by atoms with Crippen LogP contribution in [0.5, 0.6) is 0 Å². The maximum absolute atomic E-state index is 11.1. The summed E-state index contributed by atoms with van der Waals surface area (Å²) >= 11 is 1.71. The van der Waals surface area contributed by atoms with Crippen molar-refractivity contribution in [1.82, 2.24) is 10.6 Å². The van der Waals surface area contributed by atoms with E-state index in [2.05, 4.69) is 10.6 Å². The maximum atomic E-state index is 11.1. The highest BCUT2D eigenvalue weighted by Crippen LogP contribution is 2.28. The molecular weight excluding hydrogens is 200 g/mol. The molecule has 1 unspecified atom stereocenters. The lowest BCUT2D eigenvalue weighted by molar-refractivity contribution is -0.143. The fourth-order valence-electron chi connectivity index (χ4n) is 1.54. The minimum absolute atomic E-state index is 0.654. The Morgan fingerprint density at radius 3 is 2.86 bits per heavy atom. The summed E-state index contributed by atoms with van der Waals surface area (Å²) in [5, 5.41) is 15.3. The average molecular weight is 218 g/mol. The highest BCUT2D eigenvalue weighted by Gasteiger charge is 2.41. The number of thioether (sulfide) groups is 1. The molecule has 1 heterocycles. The molecule has 0 aliphatic carbocycles. The average Bonchev–Trinajstić information content (AvgIpc) is 2.62. The van der Waals surface area contributed by atoms with Crippen molar-refractivity contribution in [3.63, 3.8) is 0 Å². The molecule has 0 saturated carbocycles. The number of carboxylic acids is 1. The molecule has 4 nitrogen and oxygen atoms in total. The van der Waals surface area contributed by atoms with Gasteiger partial charge in [0.25, 0.3) is 0 Å². The minimum atomic E-state index is -0.702. The van der Waals surface area contributed by atoms with Crippen LogP contribution in [0.3, 0.4) is 0 Å². The second-order valence-corrected chi connectivity index (χ2v) is 4.68. The molecule has 0 radical (unpaired) electrons. The Bertz CT molecular complexity index is 193. The lowest BCUT2D eigenvalue weighted by atomic mass is 9.99. The fourth-order valence-corrected chi connectivity index (χ4v) is 2.90. The summed E-state index contributed by atoms with van der Waals surface area (Å²) in [6.07, 6.45) is 1.71. The van der Waals surface area contributed by atoms with Gasteiger partial charge in [-0.2, -0.15) is 11.8 Å². The molecule has 0 bridgehead atoms. The predicted molar refractivity (Wildman–Crippen MR) is 58.9 cm³/mol. The molecule has 82 valence electrons. The number of nitrogens with one attached hydrogen (secondary N) is 2. The summed E-state index contributed by atoms with van der Waals surface area (Å²) in [5.74, 6) is 0.944. The summed E-state index contributed by atoms with van der Waals surface area (Å²) in [5.41, 5.74) is -0.654. The Hall–Kier alpha value is -0.260. The number of aliphatic carboxylic acids is 1. The van der Waals surface area contributed by atoms with Crippen LogP contribution in [0.4, 0.5) is 0 Å². The van der Waals surface area contributed by atoms with E-state index >= 15 is 0 Å². The first-order chi connectivity index (χ1) is 6.71. The molecule has 1 atom stereocenters. The van der Waals surface area contributed by atoms with Gasteiger partial charge in [0, 0.05) is 5.75 Å². The van der Waals surface area contributed by atoms with Crippen molar-refractivity contribution in [1.29, 1.82) is 0 Å². The number of hydrogen-bond acceptors (Lipinski definition) is 4. The van der Waals surface area contributed by atoms with Gasteiger partial charge in [-0.1, -0.05) is 0 Å². The third-order valence-electron chi connectivity index (χ3n) is 2.50. The van der Waals surface area contributed by atoms with Crippen molar-refractivity contribution in [3.05, 3.63) is 0 Å². The SMILES string of the molecule is CNCCCNC1(C(=O)O)CCSC1. The normalized spacial score (nSPS) is 26.6. The largest absolute Gasteiger partial charge is 0.480 e. The van der Waals surface area contributed by atoms with Gasteiger partial charge in [-0.05, 0) is 38.7 Å². The molecule has 5 heteroatoms. The van der Waals surface area contributed by atoms with E-state index in [1.807, 2.05) is 7.05 Å². The predicted octanol–water partition coefficient (Wildman–Crippen LogP) is 0.146. The van der Waals surface area contributed by atoms with E-state index in [0.29, 0.717) is 5.75 Å². The van der Waals surface area contributed by atoms with Crippen LogP contribution in [0, 0.1) is 0 Å². The molecule has 0 aromatic rings. The third kappa shape index (κ3) is 2.87. The first kappa shape index (κ1) is 11.8. The van der Waals surface area contributed by atoms with E-state index < -0.39 is 11.5 Å². The van der Waals surface area contributed by atoms with E-state index in [4.69, 9.17) is 5.11 Å². The van der Waals surface area contributed by atoms with Crippen LogP contribution >= 0.6 is 11.8 Å². The van der Waals surface area contributed by atoms with Gasteiger partial charge in [-0.25, -0.2) is 0 Å². The zero-order valence-electron chi connectivity index (χ0n) is 8.51. The van der Waals surface area contributed by atoms with Crippen LogP contribution in [0.15, 0.2) is 0 Å². The summed E-state index contributed by atoms with van der Waals surface area (Å²) in [4.78, 5) is 11.1. The molecule has 1 saturated heterocycles. The van der Waals surface area contributed by atoms with Gasteiger partial charge in [0.05, 0.1) is 0 Å². The Morgan fingerprint density at radius 2 is 2.36 bits per heavy atom. The van der Waals surface area contributed by atoms with E-state index in [1.165, 1.54) is 0 Å². The molecule has 1 rings (SSSR count). The molecule has 1 aliphatic heterocycles. The summed E-state index contributed by atoms with van der Waals surface area (Å²) in [7, 11) is 1.90. The van der Waals surface area contributed by atoms with Gasteiger partial charge in [0.1, 0.15) is 5.54 Å². The van der Waals surface area contributed by atoms with Crippen molar-refractivity contribution < 1.29 is 9.90 Å². The van der Waals surface area contributed by atoms with E-state index in [9.17, 15) is 4.79 Å². The zero-order valence-corrected chi connectivity index (χ0v) is 9.32. The van der Waals surface area contributed by atoms with Crippen molar-refractivity contribution in [2.45, 2.75) is 18.4 Å². The summed E-state index contributed by atoms with van der Waals surface area (Å²) < 4.78 is 0. The molecule has 1 aliphatic rings. The highest BCUT2D eigenvalue weighted by molar-refractivity contribution is 7.99. The highest BCUT2D eigenvalue weighted by atomic mass is 32.2. The first-order valence-corrected chi connectivity index (χ1v) is 6.07. The van der Waals surface area contributed by atoms with Crippen molar-refractivity contribution >= 4 is 17.7 Å². The number of hydrogen-bond donors (Lipinski definition) is 3. The van der Waals surface area contributed by atoms with Gasteiger partial charge in [-0.3, -0.25) is 4.79 Å². The number of carbonyl (C=O) groups is 1. The summed E-state index contributed by atoms with van der Waals surface area (Å²) in [6.45, 7) is 1.70.